The van der Waals surface area contributed by atoms with E-state index in [1.807, 2.05) is 16.8 Å². The Labute approximate surface area is 125 Å². The first-order valence-electron chi connectivity index (χ1n) is 7.09. The quantitative estimate of drug-likeness (QED) is 0.927. The summed E-state index contributed by atoms with van der Waals surface area (Å²) in [7, 11) is 0. The predicted octanol–water partition coefficient (Wildman–Crippen LogP) is 2.37. The van der Waals surface area contributed by atoms with Crippen molar-refractivity contribution in [2.24, 2.45) is 0 Å². The fourth-order valence-corrected chi connectivity index (χ4v) is 3.21. The van der Waals surface area contributed by atoms with Crippen LogP contribution in [-0.4, -0.2) is 48.2 Å². The summed E-state index contributed by atoms with van der Waals surface area (Å²) in [5.41, 5.74) is 0.673. The minimum absolute atomic E-state index is 0.00804. The van der Waals surface area contributed by atoms with E-state index in [0.717, 1.165) is 18.7 Å². The van der Waals surface area contributed by atoms with Crippen LogP contribution in [0.3, 0.4) is 0 Å². The molecule has 1 N–H and O–H groups in total. The number of hydrogen-bond donors (Lipinski definition) is 1. The molecule has 1 saturated heterocycles. The molecule has 20 heavy (non-hydrogen) atoms. The summed E-state index contributed by atoms with van der Waals surface area (Å²) in [6.07, 6.45) is 0.483. The van der Waals surface area contributed by atoms with E-state index in [-0.39, 0.29) is 23.7 Å². The van der Waals surface area contributed by atoms with E-state index in [9.17, 15) is 4.79 Å². The predicted molar refractivity (Wildman–Crippen MR) is 82.3 cm³/mol. The molecule has 2 rings (SSSR count). The molecule has 1 aromatic heterocycles. The van der Waals surface area contributed by atoms with E-state index in [4.69, 9.17) is 4.74 Å². The first kappa shape index (κ1) is 15.5. The maximum atomic E-state index is 12.0. The summed E-state index contributed by atoms with van der Waals surface area (Å²) in [4.78, 5) is 14.4. The highest BCUT2D eigenvalue weighted by atomic mass is 32.1. The summed E-state index contributed by atoms with van der Waals surface area (Å²) < 4.78 is 5.77. The number of nitrogens with one attached hydrogen (secondary N) is 1. The standard InChI is InChI=1S/C15H24N2O2S/c1-11-7-17(8-12(2)19-11)15(3,4)10-16-14(18)13-5-6-20-9-13/h5-6,9,11-12H,7-8,10H2,1-4H3,(H,16,18)/t11-,12-/m1/s1. The molecule has 1 amide bonds. The van der Waals surface area contributed by atoms with Crippen LogP contribution in [0.2, 0.25) is 0 Å². The fourth-order valence-electron chi connectivity index (χ4n) is 2.58. The van der Waals surface area contributed by atoms with Gasteiger partial charge >= 0.3 is 0 Å². The molecule has 2 heterocycles. The Morgan fingerprint density at radius 2 is 2.10 bits per heavy atom. The Kier molecular flexibility index (Phi) is 4.83. The van der Waals surface area contributed by atoms with Gasteiger partial charge in [-0.2, -0.15) is 11.3 Å². The lowest BCUT2D eigenvalue weighted by atomic mass is 10.00. The second kappa shape index (κ2) is 6.24. The van der Waals surface area contributed by atoms with Crippen molar-refractivity contribution in [3.05, 3.63) is 22.4 Å². The number of ether oxygens (including phenoxy) is 1. The third-order valence-corrected chi connectivity index (χ3v) is 4.42. The molecule has 0 saturated carbocycles. The highest BCUT2D eigenvalue weighted by molar-refractivity contribution is 7.08. The van der Waals surface area contributed by atoms with Crippen molar-refractivity contribution in [2.75, 3.05) is 19.6 Å². The summed E-state index contributed by atoms with van der Waals surface area (Å²) in [5, 5.41) is 6.84. The molecule has 0 aliphatic carbocycles. The normalized spacial score (nSPS) is 24.6. The van der Waals surface area contributed by atoms with Gasteiger partial charge in [-0.25, -0.2) is 0 Å². The molecule has 1 fully saturated rings. The Bertz CT molecular complexity index is 435. The van der Waals surface area contributed by atoms with E-state index in [0.29, 0.717) is 6.54 Å². The minimum atomic E-state index is -0.0714. The van der Waals surface area contributed by atoms with Crippen molar-refractivity contribution in [1.29, 1.82) is 0 Å². The van der Waals surface area contributed by atoms with E-state index in [2.05, 4.69) is 37.9 Å². The average molecular weight is 296 g/mol. The summed E-state index contributed by atoms with van der Waals surface area (Å²) in [5.74, 6) is 0.00804. The van der Waals surface area contributed by atoms with Crippen molar-refractivity contribution in [3.8, 4) is 0 Å². The molecule has 5 heteroatoms. The van der Waals surface area contributed by atoms with Crippen molar-refractivity contribution < 1.29 is 9.53 Å². The van der Waals surface area contributed by atoms with Crippen LogP contribution in [0.4, 0.5) is 0 Å². The van der Waals surface area contributed by atoms with Gasteiger partial charge in [0.25, 0.3) is 5.91 Å². The van der Waals surface area contributed by atoms with Crippen molar-refractivity contribution in [1.82, 2.24) is 10.2 Å². The van der Waals surface area contributed by atoms with Gasteiger partial charge in [0.05, 0.1) is 12.2 Å². The number of hydrogen-bond acceptors (Lipinski definition) is 4. The fraction of sp³-hybridized carbons (Fsp3) is 0.667. The summed E-state index contributed by atoms with van der Waals surface area (Å²) in [6, 6.07) is 1.85. The first-order valence-corrected chi connectivity index (χ1v) is 8.03. The van der Waals surface area contributed by atoms with Gasteiger partial charge in [-0.3, -0.25) is 9.69 Å². The van der Waals surface area contributed by atoms with Gasteiger partial charge in [-0.05, 0) is 39.1 Å². The van der Waals surface area contributed by atoms with Crippen LogP contribution >= 0.6 is 11.3 Å². The van der Waals surface area contributed by atoms with E-state index < -0.39 is 0 Å². The first-order chi connectivity index (χ1) is 9.38. The van der Waals surface area contributed by atoms with Gasteiger partial charge in [0.15, 0.2) is 0 Å². The van der Waals surface area contributed by atoms with E-state index in [1.54, 1.807) is 11.3 Å². The van der Waals surface area contributed by atoms with Crippen molar-refractivity contribution >= 4 is 17.2 Å². The Hall–Kier alpha value is -0.910. The van der Waals surface area contributed by atoms with Gasteiger partial charge in [-0.1, -0.05) is 0 Å². The van der Waals surface area contributed by atoms with Crippen LogP contribution in [0.5, 0.6) is 0 Å². The molecule has 1 aromatic rings. The molecule has 0 spiro atoms. The number of amides is 1. The lowest BCUT2D eigenvalue weighted by molar-refractivity contribution is -0.0948. The highest BCUT2D eigenvalue weighted by Gasteiger charge is 2.33. The topological polar surface area (TPSA) is 41.6 Å². The third-order valence-electron chi connectivity index (χ3n) is 3.74. The van der Waals surface area contributed by atoms with Gasteiger partial charge < -0.3 is 10.1 Å². The van der Waals surface area contributed by atoms with Crippen molar-refractivity contribution in [3.63, 3.8) is 0 Å². The zero-order chi connectivity index (χ0) is 14.8. The number of morpholine rings is 1. The number of rotatable bonds is 4. The maximum Gasteiger partial charge on any atom is 0.252 e. The average Bonchev–Trinajstić information content (AvgIpc) is 2.88. The van der Waals surface area contributed by atoms with Crippen LogP contribution in [-0.2, 0) is 4.74 Å². The largest absolute Gasteiger partial charge is 0.373 e. The molecule has 4 nitrogen and oxygen atoms in total. The zero-order valence-corrected chi connectivity index (χ0v) is 13.5. The van der Waals surface area contributed by atoms with Crippen molar-refractivity contribution in [2.45, 2.75) is 45.4 Å². The zero-order valence-electron chi connectivity index (χ0n) is 12.7. The Morgan fingerprint density at radius 3 is 2.65 bits per heavy atom. The Balaban J connectivity index is 1.91. The number of carbonyl (C=O) groups excluding carboxylic acids is 1. The molecular formula is C15H24N2O2S. The third kappa shape index (κ3) is 3.81. The van der Waals surface area contributed by atoms with E-state index in [1.165, 1.54) is 0 Å². The molecule has 0 unspecified atom stereocenters. The Morgan fingerprint density at radius 1 is 1.45 bits per heavy atom. The van der Waals surface area contributed by atoms with Gasteiger partial charge in [-0.15, -0.1) is 0 Å². The SMILES string of the molecule is C[C@@H]1CN(C(C)(C)CNC(=O)c2ccsc2)C[C@@H](C)O1. The smallest absolute Gasteiger partial charge is 0.252 e. The second-order valence-corrected chi connectivity index (χ2v) is 6.95. The minimum Gasteiger partial charge on any atom is -0.373 e. The molecule has 0 aromatic carbocycles. The van der Waals surface area contributed by atoms with Gasteiger partial charge in [0.1, 0.15) is 0 Å². The van der Waals surface area contributed by atoms with Crippen LogP contribution in [0.25, 0.3) is 0 Å². The van der Waals surface area contributed by atoms with Crippen LogP contribution < -0.4 is 5.32 Å². The monoisotopic (exact) mass is 296 g/mol. The molecule has 0 bridgehead atoms. The van der Waals surface area contributed by atoms with Crippen LogP contribution in [0.15, 0.2) is 16.8 Å². The second-order valence-electron chi connectivity index (χ2n) is 6.17. The molecule has 1 aliphatic heterocycles. The summed E-state index contributed by atoms with van der Waals surface area (Å²) >= 11 is 1.54. The number of nitrogens with zero attached hydrogens (tertiary/aromatic N) is 1. The molecule has 112 valence electrons. The lowest BCUT2D eigenvalue weighted by Gasteiger charge is -2.45. The van der Waals surface area contributed by atoms with Crippen LogP contribution in [0.1, 0.15) is 38.1 Å². The molecule has 0 radical (unpaired) electrons. The van der Waals surface area contributed by atoms with Crippen LogP contribution in [0, 0.1) is 0 Å². The molecular weight excluding hydrogens is 272 g/mol. The van der Waals surface area contributed by atoms with Gasteiger partial charge in [0, 0.05) is 36.1 Å². The molecule has 1 aliphatic rings. The van der Waals surface area contributed by atoms with Gasteiger partial charge in [0.2, 0.25) is 0 Å². The summed E-state index contributed by atoms with van der Waals surface area (Å²) in [6.45, 7) is 11.0. The number of thiophene rings is 1. The lowest BCUT2D eigenvalue weighted by Crippen LogP contribution is -2.58. The number of carbonyl (C=O) groups is 1. The molecule has 2 atom stereocenters. The maximum absolute atomic E-state index is 12.0. The highest BCUT2D eigenvalue weighted by Crippen LogP contribution is 2.20. The van der Waals surface area contributed by atoms with E-state index >= 15 is 0 Å².